The maximum absolute atomic E-state index is 5.79. The standard InChI is InChI=1S/C22H30N4OS/c1-18-15-20(9-10-21(18)27-2)24-22(28)26(16-19-7-4-3-5-8-19)13-6-12-25-14-11-23-17-25/h3-4,9-11,14-15,17,19H,5-8,12-13,16H2,1-2H3,(H,24,28). The van der Waals surface area contributed by atoms with Gasteiger partial charge in [0.1, 0.15) is 5.75 Å². The van der Waals surface area contributed by atoms with Crippen LogP contribution in [0.3, 0.4) is 0 Å². The Balaban J connectivity index is 1.62. The summed E-state index contributed by atoms with van der Waals surface area (Å²) >= 11 is 5.79. The molecule has 0 spiro atoms. The zero-order chi connectivity index (χ0) is 19.8. The van der Waals surface area contributed by atoms with E-state index in [1.807, 2.05) is 37.8 Å². The lowest BCUT2D eigenvalue weighted by molar-refractivity contribution is 0.316. The maximum Gasteiger partial charge on any atom is 0.173 e. The molecule has 5 nitrogen and oxygen atoms in total. The molecule has 3 rings (SSSR count). The lowest BCUT2D eigenvalue weighted by Crippen LogP contribution is -2.39. The Morgan fingerprint density at radius 3 is 2.96 bits per heavy atom. The minimum Gasteiger partial charge on any atom is -0.496 e. The van der Waals surface area contributed by atoms with Crippen LogP contribution in [0.1, 0.15) is 31.2 Å². The van der Waals surface area contributed by atoms with Crippen molar-refractivity contribution in [3.8, 4) is 5.75 Å². The number of aromatic nitrogens is 2. The number of rotatable bonds is 8. The van der Waals surface area contributed by atoms with Crippen molar-refractivity contribution in [3.63, 3.8) is 0 Å². The number of hydrogen-bond acceptors (Lipinski definition) is 3. The van der Waals surface area contributed by atoms with Crippen molar-refractivity contribution < 1.29 is 4.74 Å². The number of thiocarbonyl (C=S) groups is 1. The smallest absolute Gasteiger partial charge is 0.173 e. The minimum absolute atomic E-state index is 0.663. The highest BCUT2D eigenvalue weighted by Gasteiger charge is 2.17. The summed E-state index contributed by atoms with van der Waals surface area (Å²) in [6.07, 6.45) is 14.9. The van der Waals surface area contributed by atoms with Gasteiger partial charge in [0.05, 0.1) is 13.4 Å². The molecule has 28 heavy (non-hydrogen) atoms. The van der Waals surface area contributed by atoms with E-state index in [-0.39, 0.29) is 0 Å². The Kier molecular flexibility index (Phi) is 7.48. The molecule has 1 aromatic carbocycles. The van der Waals surface area contributed by atoms with E-state index in [1.165, 1.54) is 12.8 Å². The van der Waals surface area contributed by atoms with Crippen LogP contribution in [-0.2, 0) is 6.54 Å². The monoisotopic (exact) mass is 398 g/mol. The van der Waals surface area contributed by atoms with Gasteiger partial charge < -0.3 is 19.5 Å². The molecule has 0 fully saturated rings. The molecule has 1 N–H and O–H groups in total. The highest BCUT2D eigenvalue weighted by molar-refractivity contribution is 7.80. The van der Waals surface area contributed by atoms with Gasteiger partial charge in [-0.05, 0) is 74.5 Å². The average molecular weight is 399 g/mol. The number of nitrogens with zero attached hydrogens (tertiary/aromatic N) is 3. The van der Waals surface area contributed by atoms with Crippen LogP contribution in [-0.4, -0.2) is 39.8 Å². The molecule has 6 heteroatoms. The summed E-state index contributed by atoms with van der Waals surface area (Å²) in [6, 6.07) is 6.08. The van der Waals surface area contributed by atoms with Crippen LogP contribution < -0.4 is 10.1 Å². The summed E-state index contributed by atoms with van der Waals surface area (Å²) < 4.78 is 7.47. The van der Waals surface area contributed by atoms with Crippen LogP contribution in [0, 0.1) is 12.8 Å². The first-order valence-electron chi connectivity index (χ1n) is 9.97. The summed E-state index contributed by atoms with van der Waals surface area (Å²) in [5.41, 5.74) is 2.10. The number of benzene rings is 1. The van der Waals surface area contributed by atoms with E-state index in [1.54, 1.807) is 7.11 Å². The number of allylic oxidation sites excluding steroid dienone is 2. The predicted molar refractivity (Wildman–Crippen MR) is 119 cm³/mol. The molecular weight excluding hydrogens is 368 g/mol. The second-order valence-electron chi connectivity index (χ2n) is 7.37. The fourth-order valence-electron chi connectivity index (χ4n) is 3.63. The third kappa shape index (κ3) is 5.83. The molecule has 0 amide bonds. The van der Waals surface area contributed by atoms with E-state index in [0.717, 1.165) is 54.6 Å². The van der Waals surface area contributed by atoms with Gasteiger partial charge in [-0.1, -0.05) is 12.2 Å². The first-order valence-corrected chi connectivity index (χ1v) is 10.4. The molecule has 0 saturated heterocycles. The van der Waals surface area contributed by atoms with Crippen LogP contribution in [0.25, 0.3) is 0 Å². The topological polar surface area (TPSA) is 42.3 Å². The maximum atomic E-state index is 5.79. The van der Waals surface area contributed by atoms with Gasteiger partial charge in [0.25, 0.3) is 0 Å². The second-order valence-corrected chi connectivity index (χ2v) is 7.75. The van der Waals surface area contributed by atoms with E-state index >= 15 is 0 Å². The Labute approximate surface area is 173 Å². The molecule has 1 aromatic heterocycles. The van der Waals surface area contributed by atoms with Crippen LogP contribution in [0.5, 0.6) is 5.75 Å². The molecule has 0 aliphatic heterocycles. The van der Waals surface area contributed by atoms with Crippen LogP contribution in [0.2, 0.25) is 0 Å². The molecule has 0 saturated carbocycles. The van der Waals surface area contributed by atoms with Crippen molar-refractivity contribution in [1.29, 1.82) is 0 Å². The lowest BCUT2D eigenvalue weighted by Gasteiger charge is -2.31. The van der Waals surface area contributed by atoms with Crippen molar-refractivity contribution in [3.05, 3.63) is 54.6 Å². The number of anilines is 1. The average Bonchev–Trinajstić information content (AvgIpc) is 3.21. The zero-order valence-electron chi connectivity index (χ0n) is 16.8. The summed E-state index contributed by atoms with van der Waals surface area (Å²) in [6.45, 7) is 4.92. The molecule has 1 aliphatic rings. The first-order chi connectivity index (χ1) is 13.7. The van der Waals surface area contributed by atoms with Gasteiger partial charge in [0.2, 0.25) is 0 Å². The van der Waals surface area contributed by atoms with Crippen LogP contribution in [0.4, 0.5) is 5.69 Å². The quantitative estimate of drug-likeness (QED) is 0.518. The number of aryl methyl sites for hydroxylation is 2. The fourth-order valence-corrected chi connectivity index (χ4v) is 3.92. The van der Waals surface area contributed by atoms with Crippen LogP contribution >= 0.6 is 12.2 Å². The van der Waals surface area contributed by atoms with E-state index in [4.69, 9.17) is 17.0 Å². The van der Waals surface area contributed by atoms with E-state index in [9.17, 15) is 0 Å². The second kappa shape index (κ2) is 10.3. The molecule has 2 aromatic rings. The molecule has 0 radical (unpaired) electrons. The summed E-state index contributed by atoms with van der Waals surface area (Å²) in [5, 5.41) is 4.23. The van der Waals surface area contributed by atoms with Crippen molar-refractivity contribution in [2.75, 3.05) is 25.5 Å². The lowest BCUT2D eigenvalue weighted by atomic mass is 9.94. The summed E-state index contributed by atoms with van der Waals surface area (Å²) in [5.74, 6) is 1.55. The highest BCUT2D eigenvalue weighted by atomic mass is 32.1. The van der Waals surface area contributed by atoms with E-state index < -0.39 is 0 Å². The molecule has 1 heterocycles. The SMILES string of the molecule is COc1ccc(NC(=S)N(CCCn2ccnc2)CC2CC=CCC2)cc1C. The number of imidazole rings is 1. The molecule has 150 valence electrons. The molecule has 1 unspecified atom stereocenters. The number of nitrogens with one attached hydrogen (secondary N) is 1. The van der Waals surface area contributed by atoms with Crippen molar-refractivity contribution >= 4 is 23.0 Å². The van der Waals surface area contributed by atoms with Crippen molar-refractivity contribution in [2.45, 2.75) is 39.2 Å². The number of methoxy groups -OCH3 is 1. The van der Waals surface area contributed by atoms with Gasteiger partial charge in [-0.15, -0.1) is 0 Å². The van der Waals surface area contributed by atoms with E-state index in [0.29, 0.717) is 5.92 Å². The highest BCUT2D eigenvalue weighted by Crippen LogP contribution is 2.23. The Morgan fingerprint density at radius 1 is 1.39 bits per heavy atom. The number of ether oxygens (including phenoxy) is 1. The summed E-state index contributed by atoms with van der Waals surface area (Å²) in [4.78, 5) is 6.45. The van der Waals surface area contributed by atoms with Gasteiger partial charge in [0.15, 0.2) is 5.11 Å². The zero-order valence-corrected chi connectivity index (χ0v) is 17.6. The van der Waals surface area contributed by atoms with Gasteiger partial charge in [-0.2, -0.15) is 0 Å². The van der Waals surface area contributed by atoms with Crippen molar-refractivity contribution in [2.24, 2.45) is 5.92 Å². The van der Waals surface area contributed by atoms with Crippen molar-refractivity contribution in [1.82, 2.24) is 14.5 Å². The minimum atomic E-state index is 0.663. The molecular formula is C22H30N4OS. The Bertz CT molecular complexity index is 788. The van der Waals surface area contributed by atoms with Gasteiger partial charge in [-0.25, -0.2) is 4.98 Å². The van der Waals surface area contributed by atoms with Crippen LogP contribution in [0.15, 0.2) is 49.1 Å². The molecule has 0 bridgehead atoms. The van der Waals surface area contributed by atoms with E-state index in [2.05, 4.69) is 38.0 Å². The third-order valence-corrected chi connectivity index (χ3v) is 5.55. The van der Waals surface area contributed by atoms with Gasteiger partial charge >= 0.3 is 0 Å². The Hall–Kier alpha value is -2.34. The van der Waals surface area contributed by atoms with Gasteiger partial charge in [0, 0.05) is 37.7 Å². The molecule has 1 aliphatic carbocycles. The van der Waals surface area contributed by atoms with Gasteiger partial charge in [-0.3, -0.25) is 0 Å². The Morgan fingerprint density at radius 2 is 2.29 bits per heavy atom. The first kappa shape index (κ1) is 20.4. The summed E-state index contributed by atoms with van der Waals surface area (Å²) in [7, 11) is 1.70. The molecule has 1 atom stereocenters. The normalized spacial score (nSPS) is 16.0. The number of hydrogen-bond donors (Lipinski definition) is 1. The fraction of sp³-hybridized carbons (Fsp3) is 0.455. The predicted octanol–water partition coefficient (Wildman–Crippen LogP) is 4.65. The third-order valence-electron chi connectivity index (χ3n) is 5.19. The largest absolute Gasteiger partial charge is 0.496 e.